The van der Waals surface area contributed by atoms with Gasteiger partial charge in [0.05, 0.1) is 4.92 Å². The van der Waals surface area contributed by atoms with E-state index in [1.807, 2.05) is 15.5 Å². The van der Waals surface area contributed by atoms with Crippen LogP contribution in [0.4, 0.5) is 5.69 Å². The Morgan fingerprint density at radius 1 is 1.15 bits per heavy atom. The third-order valence-electron chi connectivity index (χ3n) is 5.96. The molecular formula is C21H20Cl3N5O4S. The highest BCUT2D eigenvalue weighted by Gasteiger charge is 2.39. The quantitative estimate of drug-likeness (QED) is 0.200. The van der Waals surface area contributed by atoms with Gasteiger partial charge in [-0.25, -0.2) is 0 Å². The van der Waals surface area contributed by atoms with Gasteiger partial charge in [-0.15, -0.1) is 0 Å². The Labute approximate surface area is 215 Å². The molecule has 0 radical (unpaired) electrons. The van der Waals surface area contributed by atoms with Crippen LogP contribution in [0.3, 0.4) is 0 Å². The molecule has 1 aromatic heterocycles. The molecule has 2 aliphatic rings. The fourth-order valence-electron chi connectivity index (χ4n) is 4.45. The van der Waals surface area contributed by atoms with Crippen LogP contribution in [0.15, 0.2) is 47.3 Å². The number of non-ortho nitro benzene ring substituents is 1. The Hall–Kier alpha value is -2.40. The Bertz CT molecular complexity index is 1200. The minimum absolute atomic E-state index is 0.0125. The van der Waals surface area contributed by atoms with Gasteiger partial charge in [-0.05, 0) is 36.7 Å². The van der Waals surface area contributed by atoms with Crippen molar-refractivity contribution in [1.82, 2.24) is 20.1 Å². The van der Waals surface area contributed by atoms with E-state index >= 15 is 0 Å². The van der Waals surface area contributed by atoms with E-state index in [0.717, 1.165) is 18.2 Å². The fraction of sp³-hybridized carbons (Fsp3) is 0.381. The standard InChI is InChI=1S/C21H20Cl3N5O4S/c22-21(23,24)19(25-18(31)13-3-1-4-15(8-13)29(32)33)26-20(34)27-9-12-7-14(11-27)16-5-2-6-17(30)28(16)10-12/h1-6,8,12,14,19H,7,9-11H2,(H,25,31)(H,26,34)/t12-,14+,19+/m0/s1. The Morgan fingerprint density at radius 2 is 1.88 bits per heavy atom. The lowest BCUT2D eigenvalue weighted by Gasteiger charge is -2.44. The van der Waals surface area contributed by atoms with Crippen LogP contribution in [0.25, 0.3) is 0 Å². The van der Waals surface area contributed by atoms with E-state index in [1.165, 1.54) is 18.2 Å². The number of nitrogens with zero attached hydrogens (tertiary/aromatic N) is 3. The second-order valence-corrected chi connectivity index (χ2v) is 11.1. The van der Waals surface area contributed by atoms with Gasteiger partial charge in [-0.1, -0.05) is 46.9 Å². The average Bonchev–Trinajstić information content (AvgIpc) is 2.78. The number of fused-ring (bicyclic) bond motifs is 4. The number of piperidine rings is 1. The number of likely N-dealkylation sites (tertiary alicyclic amines) is 1. The summed E-state index contributed by atoms with van der Waals surface area (Å²) in [6.07, 6.45) is -0.256. The number of amides is 1. The van der Waals surface area contributed by atoms with Gasteiger partial charge in [0.2, 0.25) is 3.79 Å². The number of halogens is 3. The van der Waals surface area contributed by atoms with E-state index in [2.05, 4.69) is 10.6 Å². The number of nitro groups is 1. The summed E-state index contributed by atoms with van der Waals surface area (Å²) in [5.41, 5.74) is 0.756. The number of carbonyl (C=O) groups excluding carboxylic acids is 1. The summed E-state index contributed by atoms with van der Waals surface area (Å²) >= 11 is 23.9. The number of thiocarbonyl (C=S) groups is 1. The molecule has 0 saturated carbocycles. The molecule has 3 heterocycles. The molecule has 2 aromatic rings. The lowest BCUT2D eigenvalue weighted by molar-refractivity contribution is -0.384. The van der Waals surface area contributed by atoms with Crippen molar-refractivity contribution in [1.29, 1.82) is 0 Å². The highest BCUT2D eigenvalue weighted by molar-refractivity contribution is 7.80. The zero-order chi connectivity index (χ0) is 24.6. The zero-order valence-corrected chi connectivity index (χ0v) is 20.7. The highest BCUT2D eigenvalue weighted by atomic mass is 35.6. The van der Waals surface area contributed by atoms with Crippen molar-refractivity contribution in [2.45, 2.75) is 28.8 Å². The first-order valence-corrected chi connectivity index (χ1v) is 11.9. The molecule has 9 nitrogen and oxygen atoms in total. The lowest BCUT2D eigenvalue weighted by Crippen LogP contribution is -2.60. The zero-order valence-electron chi connectivity index (χ0n) is 17.6. The second kappa shape index (κ2) is 9.69. The van der Waals surface area contributed by atoms with Crippen LogP contribution < -0.4 is 16.2 Å². The van der Waals surface area contributed by atoms with Gasteiger partial charge in [0.1, 0.15) is 6.17 Å². The first kappa shape index (κ1) is 24.7. The Kier molecular flexibility index (Phi) is 7.04. The summed E-state index contributed by atoms with van der Waals surface area (Å²) in [4.78, 5) is 37.3. The minimum Gasteiger partial charge on any atom is -0.348 e. The molecule has 4 rings (SSSR count). The smallest absolute Gasteiger partial charge is 0.270 e. The summed E-state index contributed by atoms with van der Waals surface area (Å²) in [5, 5.41) is 16.8. The largest absolute Gasteiger partial charge is 0.348 e. The van der Waals surface area contributed by atoms with Gasteiger partial charge < -0.3 is 20.1 Å². The van der Waals surface area contributed by atoms with Crippen molar-refractivity contribution in [2.75, 3.05) is 13.1 Å². The predicted octanol–water partition coefficient (Wildman–Crippen LogP) is 3.18. The molecular weight excluding hydrogens is 525 g/mol. The van der Waals surface area contributed by atoms with Crippen molar-refractivity contribution in [2.24, 2.45) is 5.92 Å². The van der Waals surface area contributed by atoms with E-state index in [0.29, 0.717) is 19.6 Å². The Balaban J connectivity index is 1.47. The number of aromatic nitrogens is 1. The second-order valence-electron chi connectivity index (χ2n) is 8.31. The molecule has 2 aliphatic heterocycles. The van der Waals surface area contributed by atoms with Crippen LogP contribution in [0.2, 0.25) is 0 Å². The highest BCUT2D eigenvalue weighted by Crippen LogP contribution is 2.35. The van der Waals surface area contributed by atoms with Crippen LogP contribution in [-0.2, 0) is 6.54 Å². The van der Waals surface area contributed by atoms with E-state index in [1.54, 1.807) is 12.1 Å². The molecule has 180 valence electrons. The van der Waals surface area contributed by atoms with E-state index < -0.39 is 20.8 Å². The van der Waals surface area contributed by atoms with Crippen molar-refractivity contribution >= 4 is 63.7 Å². The maximum Gasteiger partial charge on any atom is 0.270 e. The molecule has 1 fully saturated rings. The molecule has 2 N–H and O–H groups in total. The number of rotatable bonds is 4. The lowest BCUT2D eigenvalue weighted by atomic mass is 9.83. The van der Waals surface area contributed by atoms with Crippen LogP contribution in [0.1, 0.15) is 28.4 Å². The van der Waals surface area contributed by atoms with Gasteiger partial charge in [0.15, 0.2) is 5.11 Å². The number of carbonyl (C=O) groups is 1. The molecule has 0 aliphatic carbocycles. The summed E-state index contributed by atoms with van der Waals surface area (Å²) in [6, 6.07) is 10.5. The average molecular weight is 545 g/mol. The fourth-order valence-corrected chi connectivity index (χ4v) is 5.05. The number of benzene rings is 1. The minimum atomic E-state index is -1.97. The molecule has 1 aromatic carbocycles. The van der Waals surface area contributed by atoms with Gasteiger partial charge in [-0.2, -0.15) is 0 Å². The number of alkyl halides is 3. The number of pyridine rings is 1. The van der Waals surface area contributed by atoms with E-state index in [9.17, 15) is 19.7 Å². The summed E-state index contributed by atoms with van der Waals surface area (Å²) in [5.74, 6) is -0.331. The van der Waals surface area contributed by atoms with Crippen molar-refractivity contribution in [3.8, 4) is 0 Å². The van der Waals surface area contributed by atoms with E-state index in [-0.39, 0.29) is 33.8 Å². The number of hydrogen-bond donors (Lipinski definition) is 2. The van der Waals surface area contributed by atoms with Crippen molar-refractivity contribution in [3.63, 3.8) is 0 Å². The van der Waals surface area contributed by atoms with Gasteiger partial charge in [0.25, 0.3) is 17.2 Å². The topological polar surface area (TPSA) is 110 Å². The Morgan fingerprint density at radius 3 is 2.59 bits per heavy atom. The van der Waals surface area contributed by atoms with Crippen LogP contribution in [0.5, 0.6) is 0 Å². The predicted molar refractivity (Wildman–Crippen MR) is 133 cm³/mol. The number of nitro benzene ring substituents is 1. The monoisotopic (exact) mass is 543 g/mol. The molecule has 1 saturated heterocycles. The first-order valence-electron chi connectivity index (χ1n) is 10.4. The normalized spacial score (nSPS) is 20.1. The summed E-state index contributed by atoms with van der Waals surface area (Å²) < 4.78 is -0.151. The maximum atomic E-state index is 12.7. The van der Waals surface area contributed by atoms with Crippen LogP contribution in [-0.4, -0.2) is 48.5 Å². The van der Waals surface area contributed by atoms with E-state index in [4.69, 9.17) is 47.0 Å². The number of hydrogen-bond acceptors (Lipinski definition) is 5. The third kappa shape index (κ3) is 5.30. The maximum absolute atomic E-state index is 12.7. The molecule has 1 amide bonds. The van der Waals surface area contributed by atoms with Crippen molar-refractivity contribution < 1.29 is 9.72 Å². The van der Waals surface area contributed by atoms with Gasteiger partial charge >= 0.3 is 0 Å². The van der Waals surface area contributed by atoms with Crippen LogP contribution >= 0.6 is 47.0 Å². The van der Waals surface area contributed by atoms with Gasteiger partial charge in [0, 0.05) is 55.0 Å². The molecule has 3 atom stereocenters. The summed E-state index contributed by atoms with van der Waals surface area (Å²) in [7, 11) is 0. The molecule has 0 unspecified atom stereocenters. The molecule has 2 bridgehead atoms. The third-order valence-corrected chi connectivity index (χ3v) is 6.99. The molecule has 13 heteroatoms. The van der Waals surface area contributed by atoms with Crippen LogP contribution in [0, 0.1) is 16.0 Å². The molecule has 34 heavy (non-hydrogen) atoms. The SMILES string of the molecule is O=C(N[C@H](NC(=S)N1C[C@@H]2C[C@H](C1)c1cccc(=O)n1C2)C(Cl)(Cl)Cl)c1cccc([N+](=O)[O-])c1. The number of nitrogens with one attached hydrogen (secondary N) is 2. The van der Waals surface area contributed by atoms with Crippen molar-refractivity contribution in [3.05, 3.63) is 74.2 Å². The molecule has 0 spiro atoms. The first-order chi connectivity index (χ1) is 16.0. The summed E-state index contributed by atoms with van der Waals surface area (Å²) in [6.45, 7) is 1.77. The van der Waals surface area contributed by atoms with Gasteiger partial charge in [-0.3, -0.25) is 19.7 Å².